The third-order valence-electron chi connectivity index (χ3n) is 7.59. The molecule has 0 atom stereocenters. The van der Waals surface area contributed by atoms with Crippen LogP contribution in [-0.2, 0) is 0 Å². The molecule has 1 N–H and O–H groups in total. The molecule has 3 heteroatoms. The Hall–Kier alpha value is -2.68. The first kappa shape index (κ1) is 19.3. The molecule has 2 aromatic carbocycles. The lowest BCUT2D eigenvalue weighted by Gasteiger charge is -2.47. The highest BCUT2D eigenvalue weighted by molar-refractivity contribution is 6.09. The van der Waals surface area contributed by atoms with Gasteiger partial charge in [-0.25, -0.2) is 4.98 Å². The number of hydrogen-bond acceptors (Lipinski definition) is 2. The van der Waals surface area contributed by atoms with Gasteiger partial charge < -0.3 is 5.32 Å². The first-order chi connectivity index (χ1) is 14.5. The number of aryl methyl sites for hydroxylation is 2. The molecule has 0 spiro atoms. The third-order valence-corrected chi connectivity index (χ3v) is 7.59. The highest BCUT2D eigenvalue weighted by Gasteiger charge is 2.41. The molecule has 1 aromatic heterocycles. The van der Waals surface area contributed by atoms with Crippen LogP contribution in [-0.4, -0.2) is 16.4 Å². The second kappa shape index (κ2) is 7.23. The lowest BCUT2D eigenvalue weighted by molar-refractivity contribution is 0.0715. The van der Waals surface area contributed by atoms with Crippen LogP contribution in [0.3, 0.4) is 0 Å². The maximum atomic E-state index is 13.8. The van der Waals surface area contributed by atoms with E-state index in [0.29, 0.717) is 0 Å². The van der Waals surface area contributed by atoms with E-state index in [1.807, 2.05) is 25.1 Å². The monoisotopic (exact) mass is 398 g/mol. The van der Waals surface area contributed by atoms with E-state index < -0.39 is 0 Å². The minimum Gasteiger partial charge on any atom is -0.347 e. The van der Waals surface area contributed by atoms with Crippen molar-refractivity contribution in [2.75, 3.05) is 0 Å². The van der Waals surface area contributed by atoms with E-state index in [2.05, 4.69) is 43.4 Å². The van der Waals surface area contributed by atoms with Crippen molar-refractivity contribution in [3.63, 3.8) is 0 Å². The van der Waals surface area contributed by atoms with Gasteiger partial charge in [0, 0.05) is 16.5 Å². The van der Waals surface area contributed by atoms with Gasteiger partial charge in [-0.05, 0) is 94.0 Å². The number of carbonyl (C=O) groups is 1. The number of benzene rings is 2. The van der Waals surface area contributed by atoms with Crippen LogP contribution in [0.5, 0.6) is 0 Å². The molecule has 0 unspecified atom stereocenters. The number of aromatic nitrogens is 1. The minimum atomic E-state index is -0.0134. The highest BCUT2D eigenvalue weighted by Crippen LogP contribution is 2.44. The van der Waals surface area contributed by atoms with E-state index in [1.54, 1.807) is 0 Å². The minimum absolute atomic E-state index is 0.0134. The summed E-state index contributed by atoms with van der Waals surface area (Å²) in [6.07, 6.45) is 7.12. The molecule has 6 rings (SSSR count). The molecule has 3 nitrogen and oxygen atoms in total. The molecule has 3 fully saturated rings. The molecule has 154 valence electrons. The van der Waals surface area contributed by atoms with Gasteiger partial charge >= 0.3 is 0 Å². The van der Waals surface area contributed by atoms with E-state index in [0.717, 1.165) is 58.5 Å². The van der Waals surface area contributed by atoms with Gasteiger partial charge in [0.1, 0.15) is 0 Å². The summed E-state index contributed by atoms with van der Waals surface area (Å²) in [7, 11) is 0. The first-order valence-corrected chi connectivity index (χ1v) is 11.3. The summed E-state index contributed by atoms with van der Waals surface area (Å²) in [5, 5.41) is 4.48. The van der Waals surface area contributed by atoms with Crippen molar-refractivity contribution in [2.24, 2.45) is 5.92 Å². The lowest BCUT2D eigenvalue weighted by Crippen LogP contribution is -2.53. The number of fused-ring (bicyclic) bond motifs is 4. The van der Waals surface area contributed by atoms with Crippen molar-refractivity contribution in [2.45, 2.75) is 64.8 Å². The lowest BCUT2D eigenvalue weighted by atomic mass is 9.65. The van der Waals surface area contributed by atoms with Gasteiger partial charge in [0.15, 0.2) is 0 Å². The summed E-state index contributed by atoms with van der Waals surface area (Å²) < 4.78 is 0. The molecule has 3 saturated carbocycles. The van der Waals surface area contributed by atoms with Crippen molar-refractivity contribution in [3.8, 4) is 11.3 Å². The molecule has 1 heterocycles. The standard InChI is InChI=1S/C27H30N2O/c1-17-15-22-23(16-18(17)2)28-25(21-7-5-4-6-8-21)19(3)24(22)26(30)29-27-12-9-20(10-13-27)11-14-27/h4-8,15-16,20H,9-14H2,1-3H3,(H,29,30). The predicted molar refractivity (Wildman–Crippen MR) is 123 cm³/mol. The van der Waals surface area contributed by atoms with Gasteiger partial charge in [-0.15, -0.1) is 0 Å². The molecular weight excluding hydrogens is 368 g/mol. The summed E-state index contributed by atoms with van der Waals surface area (Å²) in [4.78, 5) is 18.8. The molecule has 3 aromatic rings. The molecule has 30 heavy (non-hydrogen) atoms. The van der Waals surface area contributed by atoms with Gasteiger partial charge in [0.05, 0.1) is 16.8 Å². The number of pyridine rings is 1. The SMILES string of the molecule is Cc1cc2nc(-c3ccccc3)c(C)c(C(=O)NC34CCC(CC3)CC4)c2cc1C. The average Bonchev–Trinajstić information content (AvgIpc) is 2.76. The van der Waals surface area contributed by atoms with Crippen LogP contribution in [0.25, 0.3) is 22.2 Å². The molecule has 3 aliphatic rings. The predicted octanol–water partition coefficient (Wildman–Crippen LogP) is 6.28. The van der Waals surface area contributed by atoms with Gasteiger partial charge in [-0.1, -0.05) is 30.3 Å². The van der Waals surface area contributed by atoms with E-state index in [-0.39, 0.29) is 11.4 Å². The van der Waals surface area contributed by atoms with Crippen LogP contribution in [0.4, 0.5) is 0 Å². The molecule has 1 amide bonds. The van der Waals surface area contributed by atoms with Crippen molar-refractivity contribution in [3.05, 3.63) is 64.7 Å². The Kier molecular flexibility index (Phi) is 4.65. The van der Waals surface area contributed by atoms with Crippen LogP contribution in [0.1, 0.15) is 65.6 Å². The number of nitrogens with one attached hydrogen (secondary N) is 1. The molecule has 2 bridgehead atoms. The Bertz CT molecular complexity index is 1110. The molecule has 0 radical (unpaired) electrons. The van der Waals surface area contributed by atoms with Crippen LogP contribution < -0.4 is 5.32 Å². The second-order valence-corrected chi connectivity index (χ2v) is 9.50. The zero-order valence-corrected chi connectivity index (χ0v) is 18.2. The van der Waals surface area contributed by atoms with Gasteiger partial charge in [0.2, 0.25) is 0 Å². The summed E-state index contributed by atoms with van der Waals surface area (Å²) in [5.41, 5.74) is 7.01. The van der Waals surface area contributed by atoms with E-state index in [9.17, 15) is 4.79 Å². The Morgan fingerprint density at radius 2 is 1.60 bits per heavy atom. The Balaban J connectivity index is 1.66. The first-order valence-electron chi connectivity index (χ1n) is 11.3. The Morgan fingerprint density at radius 3 is 2.27 bits per heavy atom. The topological polar surface area (TPSA) is 42.0 Å². The maximum Gasteiger partial charge on any atom is 0.252 e. The quantitative estimate of drug-likeness (QED) is 0.564. The van der Waals surface area contributed by atoms with E-state index >= 15 is 0 Å². The summed E-state index contributed by atoms with van der Waals surface area (Å²) in [5.74, 6) is 0.947. The third kappa shape index (κ3) is 3.21. The maximum absolute atomic E-state index is 13.8. The number of hydrogen-bond donors (Lipinski definition) is 1. The smallest absolute Gasteiger partial charge is 0.252 e. The van der Waals surface area contributed by atoms with Crippen LogP contribution in [0.2, 0.25) is 0 Å². The van der Waals surface area contributed by atoms with Crippen LogP contribution in [0, 0.1) is 26.7 Å². The largest absolute Gasteiger partial charge is 0.347 e. The van der Waals surface area contributed by atoms with Gasteiger partial charge in [0.25, 0.3) is 5.91 Å². The van der Waals surface area contributed by atoms with E-state index in [1.165, 1.54) is 30.4 Å². The number of rotatable bonds is 3. The molecule has 3 aliphatic carbocycles. The van der Waals surface area contributed by atoms with Crippen molar-refractivity contribution >= 4 is 16.8 Å². The van der Waals surface area contributed by atoms with Crippen molar-refractivity contribution in [1.29, 1.82) is 0 Å². The van der Waals surface area contributed by atoms with Gasteiger partial charge in [-0.2, -0.15) is 0 Å². The molecule has 0 aliphatic heterocycles. The van der Waals surface area contributed by atoms with Gasteiger partial charge in [-0.3, -0.25) is 4.79 Å². The average molecular weight is 399 g/mol. The van der Waals surface area contributed by atoms with E-state index in [4.69, 9.17) is 4.98 Å². The number of nitrogens with zero attached hydrogens (tertiary/aromatic N) is 1. The highest BCUT2D eigenvalue weighted by atomic mass is 16.1. The zero-order valence-electron chi connectivity index (χ0n) is 18.2. The summed E-state index contributed by atoms with van der Waals surface area (Å²) in [6, 6.07) is 14.5. The fourth-order valence-corrected chi connectivity index (χ4v) is 5.53. The van der Waals surface area contributed by atoms with Crippen molar-refractivity contribution < 1.29 is 4.79 Å². The number of carbonyl (C=O) groups excluding carboxylic acids is 1. The normalized spacial score (nSPS) is 23.0. The van der Waals surface area contributed by atoms with Crippen LogP contribution in [0.15, 0.2) is 42.5 Å². The Morgan fingerprint density at radius 1 is 0.967 bits per heavy atom. The summed E-state index contributed by atoms with van der Waals surface area (Å²) >= 11 is 0. The summed E-state index contributed by atoms with van der Waals surface area (Å²) in [6.45, 7) is 6.27. The fourth-order valence-electron chi connectivity index (χ4n) is 5.53. The second-order valence-electron chi connectivity index (χ2n) is 9.50. The fraction of sp³-hybridized carbons (Fsp3) is 0.407. The molecular formula is C27H30N2O. The Labute approximate surface area is 178 Å². The van der Waals surface area contributed by atoms with Crippen LogP contribution >= 0.6 is 0 Å². The molecule has 0 saturated heterocycles. The van der Waals surface area contributed by atoms with Crippen molar-refractivity contribution in [1.82, 2.24) is 10.3 Å². The number of amides is 1. The zero-order chi connectivity index (χ0) is 20.9.